The van der Waals surface area contributed by atoms with Gasteiger partial charge in [0.2, 0.25) is 0 Å². The molecule has 1 saturated heterocycles. The summed E-state index contributed by atoms with van der Waals surface area (Å²) in [6, 6.07) is 2.90. The molecule has 0 aromatic carbocycles. The standard InChI is InChI=1S/C38H72F2N6O/c1-37(2,3)43-32-22-27(13-14-34(32)44(6)25-38(40)17-18-38)33(16-19-39)45(7)35-15-12-26(21-31(35)42-5)28-20-29(24-47)46(23-28)36-11-9-8-10-30(36)41-4/h26-36,41-43,47H,8-25H2,1-7H3/t26?,27?,28?,29-,30+,31+,32+,33?,34+,35+,36+/m1/s1. The van der Waals surface area contributed by atoms with Crippen molar-refractivity contribution in [1.29, 1.82) is 0 Å². The van der Waals surface area contributed by atoms with E-state index < -0.39 is 5.67 Å². The number of likely N-dealkylation sites (tertiary alicyclic amines) is 1. The Morgan fingerprint density at radius 2 is 1.57 bits per heavy atom. The summed E-state index contributed by atoms with van der Waals surface area (Å²) in [5, 5.41) is 21.7. The summed E-state index contributed by atoms with van der Waals surface area (Å²) in [4.78, 5) is 7.55. The number of nitrogens with one attached hydrogen (secondary N) is 3. The summed E-state index contributed by atoms with van der Waals surface area (Å²) < 4.78 is 29.1. The molecule has 1 aliphatic heterocycles. The lowest BCUT2D eigenvalue weighted by atomic mass is 9.72. The molecule has 4 saturated carbocycles. The zero-order chi connectivity index (χ0) is 33.9. The van der Waals surface area contributed by atoms with E-state index in [1.807, 2.05) is 0 Å². The lowest BCUT2D eigenvalue weighted by Crippen LogP contribution is -2.61. The van der Waals surface area contributed by atoms with Gasteiger partial charge in [-0.3, -0.25) is 19.1 Å². The Labute approximate surface area is 286 Å². The van der Waals surface area contributed by atoms with Crippen LogP contribution in [0, 0.1) is 17.8 Å². The molecule has 274 valence electrons. The van der Waals surface area contributed by atoms with Crippen molar-refractivity contribution >= 4 is 0 Å². The average molecular weight is 667 g/mol. The summed E-state index contributed by atoms with van der Waals surface area (Å²) in [6.45, 7) is 8.31. The van der Waals surface area contributed by atoms with Crippen LogP contribution in [0.2, 0.25) is 0 Å². The molecule has 0 bridgehead atoms. The van der Waals surface area contributed by atoms with Crippen LogP contribution < -0.4 is 16.0 Å². The molecule has 5 fully saturated rings. The minimum atomic E-state index is -0.989. The van der Waals surface area contributed by atoms with E-state index in [1.54, 1.807) is 0 Å². The smallest absolute Gasteiger partial charge is 0.123 e. The number of hydrogen-bond acceptors (Lipinski definition) is 7. The minimum absolute atomic E-state index is 0.0362. The first-order valence-corrected chi connectivity index (χ1v) is 19.6. The van der Waals surface area contributed by atoms with Gasteiger partial charge in [-0.1, -0.05) is 12.8 Å². The summed E-state index contributed by atoms with van der Waals surface area (Å²) in [7, 11) is 8.62. The van der Waals surface area contributed by atoms with Crippen molar-refractivity contribution in [1.82, 2.24) is 30.7 Å². The fraction of sp³-hybridized carbons (Fsp3) is 1.00. The lowest BCUT2D eigenvalue weighted by molar-refractivity contribution is 0.0144. The van der Waals surface area contributed by atoms with Crippen LogP contribution in [0.15, 0.2) is 0 Å². The fourth-order valence-electron chi connectivity index (χ4n) is 10.9. The highest BCUT2D eigenvalue weighted by Crippen LogP contribution is 2.44. The predicted molar refractivity (Wildman–Crippen MR) is 190 cm³/mol. The van der Waals surface area contributed by atoms with Crippen LogP contribution in [0.5, 0.6) is 0 Å². The van der Waals surface area contributed by atoms with Gasteiger partial charge in [0.05, 0.1) is 13.3 Å². The number of alkyl halides is 2. The van der Waals surface area contributed by atoms with E-state index in [-0.39, 0.29) is 36.9 Å². The third-order valence-electron chi connectivity index (χ3n) is 13.5. The van der Waals surface area contributed by atoms with Gasteiger partial charge in [-0.05, 0) is 144 Å². The zero-order valence-corrected chi connectivity index (χ0v) is 31.1. The molecule has 5 aliphatic rings. The second-order valence-corrected chi connectivity index (χ2v) is 17.7. The molecule has 9 heteroatoms. The van der Waals surface area contributed by atoms with E-state index in [1.165, 1.54) is 32.1 Å². The van der Waals surface area contributed by atoms with Gasteiger partial charge in [-0.15, -0.1) is 0 Å². The maximum absolute atomic E-state index is 14.8. The monoisotopic (exact) mass is 667 g/mol. The van der Waals surface area contributed by atoms with Crippen molar-refractivity contribution in [2.75, 3.05) is 54.6 Å². The van der Waals surface area contributed by atoms with Crippen LogP contribution in [0.3, 0.4) is 0 Å². The molecule has 5 rings (SSSR count). The summed E-state index contributed by atoms with van der Waals surface area (Å²) in [5.74, 6) is 1.70. The highest BCUT2D eigenvalue weighted by molar-refractivity contribution is 5.04. The second-order valence-electron chi connectivity index (χ2n) is 17.7. The number of aliphatic hydroxyl groups excluding tert-OH is 1. The molecule has 47 heavy (non-hydrogen) atoms. The fourth-order valence-corrected chi connectivity index (χ4v) is 10.9. The summed E-state index contributed by atoms with van der Waals surface area (Å²) >= 11 is 0. The minimum Gasteiger partial charge on any atom is -0.395 e. The first-order valence-electron chi connectivity index (χ1n) is 19.6. The van der Waals surface area contributed by atoms with Gasteiger partial charge in [0.25, 0.3) is 0 Å². The van der Waals surface area contributed by atoms with Crippen LogP contribution in [-0.4, -0.2) is 134 Å². The van der Waals surface area contributed by atoms with E-state index >= 15 is 0 Å². The molecular formula is C38H72F2N6O. The maximum atomic E-state index is 14.8. The Hall–Kier alpha value is -0.420. The van der Waals surface area contributed by atoms with Gasteiger partial charge in [0, 0.05) is 67.0 Å². The third kappa shape index (κ3) is 9.28. The van der Waals surface area contributed by atoms with Gasteiger partial charge >= 0.3 is 0 Å². The van der Waals surface area contributed by atoms with Gasteiger partial charge in [-0.25, -0.2) is 4.39 Å². The molecule has 4 unspecified atom stereocenters. The van der Waals surface area contributed by atoms with Gasteiger partial charge in [0.15, 0.2) is 0 Å². The highest BCUT2D eigenvalue weighted by atomic mass is 19.1. The van der Waals surface area contributed by atoms with Crippen molar-refractivity contribution in [2.45, 2.75) is 170 Å². The first-order chi connectivity index (χ1) is 22.4. The first kappa shape index (κ1) is 37.8. The third-order valence-corrected chi connectivity index (χ3v) is 13.5. The number of hydrogen-bond donors (Lipinski definition) is 4. The quantitative estimate of drug-likeness (QED) is 0.209. The molecule has 4 aliphatic carbocycles. The van der Waals surface area contributed by atoms with E-state index in [0.29, 0.717) is 73.8 Å². The Balaban J connectivity index is 1.23. The predicted octanol–water partition coefficient (Wildman–Crippen LogP) is 4.98. The number of aliphatic hydroxyl groups is 1. The molecule has 1 heterocycles. The molecule has 11 atom stereocenters. The van der Waals surface area contributed by atoms with Crippen LogP contribution >= 0.6 is 0 Å². The Kier molecular flexibility index (Phi) is 13.1. The number of rotatable bonds is 14. The zero-order valence-electron chi connectivity index (χ0n) is 31.1. The number of halogens is 2. The molecule has 7 nitrogen and oxygen atoms in total. The van der Waals surface area contributed by atoms with Crippen molar-refractivity contribution in [3.8, 4) is 0 Å². The van der Waals surface area contributed by atoms with Crippen LogP contribution in [0.1, 0.15) is 111 Å². The van der Waals surface area contributed by atoms with Gasteiger partial charge < -0.3 is 21.1 Å². The van der Waals surface area contributed by atoms with Crippen molar-refractivity contribution < 1.29 is 13.9 Å². The maximum Gasteiger partial charge on any atom is 0.123 e. The Morgan fingerprint density at radius 3 is 2.21 bits per heavy atom. The SMILES string of the molecule is CN[C@H]1CC(C2C[C@H](CO)N([C@H]3CCCC[C@@H]3NC)C2)CC[C@@H]1N(C)C(CCF)C1CC[C@H](N(C)CC2(F)CC2)[C@@H](NC(C)(C)C)C1. The van der Waals surface area contributed by atoms with Crippen LogP contribution in [-0.2, 0) is 0 Å². The van der Waals surface area contributed by atoms with E-state index in [9.17, 15) is 13.9 Å². The molecular weight excluding hydrogens is 594 g/mol. The van der Waals surface area contributed by atoms with Crippen molar-refractivity contribution in [3.63, 3.8) is 0 Å². The van der Waals surface area contributed by atoms with Gasteiger partial charge in [0.1, 0.15) is 5.67 Å². The average Bonchev–Trinajstić information content (AvgIpc) is 3.61. The second kappa shape index (κ2) is 16.3. The van der Waals surface area contributed by atoms with Crippen molar-refractivity contribution in [2.24, 2.45) is 17.8 Å². The summed E-state index contributed by atoms with van der Waals surface area (Å²) in [5.41, 5.74) is -1.03. The van der Waals surface area contributed by atoms with Crippen molar-refractivity contribution in [3.05, 3.63) is 0 Å². The number of likely N-dealkylation sites (N-methyl/N-ethyl adjacent to an activating group) is 4. The van der Waals surface area contributed by atoms with Gasteiger partial charge in [-0.2, -0.15) is 0 Å². The highest BCUT2D eigenvalue weighted by Gasteiger charge is 2.48. The molecule has 0 aromatic heterocycles. The number of nitrogens with zero attached hydrogens (tertiary/aromatic N) is 3. The van der Waals surface area contributed by atoms with E-state index in [2.05, 4.69) is 79.6 Å². The Bertz CT molecular complexity index is 963. The van der Waals surface area contributed by atoms with Crippen LogP contribution in [0.25, 0.3) is 0 Å². The summed E-state index contributed by atoms with van der Waals surface area (Å²) in [6.07, 6.45) is 14.8. The Morgan fingerprint density at radius 1 is 0.872 bits per heavy atom. The van der Waals surface area contributed by atoms with E-state index in [0.717, 1.165) is 45.1 Å². The van der Waals surface area contributed by atoms with E-state index in [4.69, 9.17) is 0 Å². The molecule has 0 amide bonds. The normalized spacial score (nSPS) is 39.1. The molecule has 0 spiro atoms. The molecule has 0 radical (unpaired) electrons. The largest absolute Gasteiger partial charge is 0.395 e. The van der Waals surface area contributed by atoms with Crippen LogP contribution in [0.4, 0.5) is 8.78 Å². The lowest BCUT2D eigenvalue weighted by Gasteiger charge is -2.50. The molecule has 4 N–H and O–H groups in total. The topological polar surface area (TPSA) is 66.0 Å². The molecule has 0 aromatic rings.